The lowest BCUT2D eigenvalue weighted by atomic mass is 9.76. The van der Waals surface area contributed by atoms with Crippen molar-refractivity contribution in [3.05, 3.63) is 24.0 Å². The molecule has 0 saturated carbocycles. The summed E-state index contributed by atoms with van der Waals surface area (Å²) >= 11 is 0. The SMILES string of the molecule is COCCNC(=O)c1ccc(N2CCC(N3CCCC(C(C)(C)C)C3)CC2)cn1. The minimum Gasteiger partial charge on any atom is -0.383 e. The van der Waals surface area contributed by atoms with Crippen LogP contribution >= 0.6 is 0 Å². The van der Waals surface area contributed by atoms with E-state index in [4.69, 9.17) is 4.74 Å². The van der Waals surface area contributed by atoms with E-state index in [1.54, 1.807) is 7.11 Å². The van der Waals surface area contributed by atoms with Gasteiger partial charge in [0.25, 0.3) is 5.91 Å². The molecule has 6 heteroatoms. The highest BCUT2D eigenvalue weighted by Crippen LogP contribution is 2.35. The van der Waals surface area contributed by atoms with Crippen molar-refractivity contribution in [2.45, 2.75) is 52.5 Å². The van der Waals surface area contributed by atoms with Crippen LogP contribution in [-0.4, -0.2) is 68.3 Å². The number of nitrogens with one attached hydrogen (secondary N) is 1. The second kappa shape index (κ2) is 9.90. The average molecular weight is 403 g/mol. The lowest BCUT2D eigenvalue weighted by Crippen LogP contribution is -2.50. The number of pyridine rings is 1. The van der Waals surface area contributed by atoms with Gasteiger partial charge >= 0.3 is 0 Å². The monoisotopic (exact) mass is 402 g/mol. The van der Waals surface area contributed by atoms with Crippen molar-refractivity contribution in [3.8, 4) is 0 Å². The van der Waals surface area contributed by atoms with Crippen LogP contribution in [0.4, 0.5) is 5.69 Å². The van der Waals surface area contributed by atoms with Gasteiger partial charge in [-0.05, 0) is 55.7 Å². The van der Waals surface area contributed by atoms with Crippen LogP contribution in [0.2, 0.25) is 0 Å². The molecule has 1 amide bonds. The number of rotatable bonds is 6. The molecule has 1 aromatic heterocycles. The van der Waals surface area contributed by atoms with Crippen LogP contribution in [0.5, 0.6) is 0 Å². The molecule has 0 bridgehead atoms. The Labute approximate surface area is 176 Å². The summed E-state index contributed by atoms with van der Waals surface area (Å²) in [7, 11) is 1.62. The molecule has 0 radical (unpaired) electrons. The Hall–Kier alpha value is -1.66. The van der Waals surface area contributed by atoms with E-state index >= 15 is 0 Å². The molecule has 1 atom stereocenters. The third-order valence-corrected chi connectivity index (χ3v) is 6.60. The number of methoxy groups -OCH3 is 1. The molecule has 2 aliphatic heterocycles. The largest absolute Gasteiger partial charge is 0.383 e. The second-order valence-electron chi connectivity index (χ2n) is 9.57. The number of carbonyl (C=O) groups is 1. The molecule has 1 unspecified atom stereocenters. The first kappa shape index (κ1) is 22.0. The van der Waals surface area contributed by atoms with Gasteiger partial charge in [-0.3, -0.25) is 9.69 Å². The minimum atomic E-state index is -0.147. The third kappa shape index (κ3) is 5.92. The lowest BCUT2D eigenvalue weighted by Gasteiger charge is -2.45. The summed E-state index contributed by atoms with van der Waals surface area (Å²) in [5, 5.41) is 2.81. The standard InChI is InChI=1S/C23H38N4O2/c1-23(2,3)18-6-5-12-27(17-18)19-9-13-26(14-10-19)20-7-8-21(25-16-20)22(28)24-11-15-29-4/h7-8,16,18-19H,5-6,9-15,17H2,1-4H3,(H,24,28). The van der Waals surface area contributed by atoms with E-state index in [9.17, 15) is 4.79 Å². The maximum Gasteiger partial charge on any atom is 0.269 e. The van der Waals surface area contributed by atoms with Crippen LogP contribution in [0.1, 0.15) is 56.9 Å². The Kier molecular flexibility index (Phi) is 7.52. The van der Waals surface area contributed by atoms with E-state index in [1.807, 2.05) is 18.3 Å². The number of nitrogens with zero attached hydrogens (tertiary/aromatic N) is 3. The summed E-state index contributed by atoms with van der Waals surface area (Å²) < 4.78 is 4.96. The first-order valence-corrected chi connectivity index (χ1v) is 11.1. The molecule has 1 aromatic rings. The average Bonchev–Trinajstić information content (AvgIpc) is 2.73. The number of amides is 1. The fraction of sp³-hybridized carbons (Fsp3) is 0.739. The smallest absolute Gasteiger partial charge is 0.269 e. The number of carbonyl (C=O) groups excluding carboxylic acids is 1. The molecule has 2 saturated heterocycles. The van der Waals surface area contributed by atoms with Crippen molar-refractivity contribution in [2.24, 2.45) is 11.3 Å². The number of aromatic nitrogens is 1. The molecule has 162 valence electrons. The fourth-order valence-corrected chi connectivity index (χ4v) is 4.60. The van der Waals surface area contributed by atoms with Gasteiger partial charge < -0.3 is 15.0 Å². The van der Waals surface area contributed by atoms with Crippen molar-refractivity contribution < 1.29 is 9.53 Å². The fourth-order valence-electron chi connectivity index (χ4n) is 4.60. The zero-order valence-corrected chi connectivity index (χ0v) is 18.6. The number of anilines is 1. The number of hydrogen-bond acceptors (Lipinski definition) is 5. The molecule has 2 fully saturated rings. The predicted molar refractivity (Wildman–Crippen MR) is 117 cm³/mol. The summed E-state index contributed by atoms with van der Waals surface area (Å²) in [6.45, 7) is 12.8. The van der Waals surface area contributed by atoms with Crippen molar-refractivity contribution >= 4 is 11.6 Å². The summed E-state index contributed by atoms with van der Waals surface area (Å²) in [5.41, 5.74) is 1.98. The molecule has 2 aliphatic rings. The first-order chi connectivity index (χ1) is 13.9. The molecule has 0 aromatic carbocycles. The zero-order chi connectivity index (χ0) is 20.9. The van der Waals surface area contributed by atoms with Crippen LogP contribution in [0.3, 0.4) is 0 Å². The van der Waals surface area contributed by atoms with E-state index in [1.165, 1.54) is 38.8 Å². The van der Waals surface area contributed by atoms with Crippen LogP contribution in [0.25, 0.3) is 0 Å². The maximum absolute atomic E-state index is 12.1. The van der Waals surface area contributed by atoms with E-state index in [0.29, 0.717) is 30.3 Å². The van der Waals surface area contributed by atoms with Crippen molar-refractivity contribution in [1.29, 1.82) is 0 Å². The summed E-state index contributed by atoms with van der Waals surface area (Å²) in [4.78, 5) is 21.6. The van der Waals surface area contributed by atoms with Gasteiger partial charge in [-0.2, -0.15) is 0 Å². The minimum absolute atomic E-state index is 0.147. The number of hydrogen-bond donors (Lipinski definition) is 1. The Balaban J connectivity index is 1.50. The van der Waals surface area contributed by atoms with E-state index < -0.39 is 0 Å². The van der Waals surface area contributed by atoms with Crippen LogP contribution in [0.15, 0.2) is 18.3 Å². The van der Waals surface area contributed by atoms with Gasteiger partial charge in [-0.1, -0.05) is 20.8 Å². The lowest BCUT2D eigenvalue weighted by molar-refractivity contribution is 0.0593. The molecule has 0 aliphatic carbocycles. The molecule has 6 nitrogen and oxygen atoms in total. The molecule has 3 rings (SSSR count). The summed E-state index contributed by atoms with van der Waals surface area (Å²) in [5.74, 6) is 0.659. The van der Waals surface area contributed by atoms with Crippen molar-refractivity contribution in [1.82, 2.24) is 15.2 Å². The molecule has 1 N–H and O–H groups in total. The number of likely N-dealkylation sites (tertiary alicyclic amines) is 1. The Morgan fingerprint density at radius 2 is 1.97 bits per heavy atom. The van der Waals surface area contributed by atoms with Gasteiger partial charge in [-0.25, -0.2) is 4.98 Å². The van der Waals surface area contributed by atoms with Crippen molar-refractivity contribution in [3.63, 3.8) is 0 Å². The number of ether oxygens (including phenoxy) is 1. The maximum atomic E-state index is 12.1. The van der Waals surface area contributed by atoms with Gasteiger partial charge in [0, 0.05) is 39.3 Å². The Bertz CT molecular complexity index is 648. The van der Waals surface area contributed by atoms with Gasteiger partial charge in [-0.15, -0.1) is 0 Å². The molecule has 29 heavy (non-hydrogen) atoms. The summed E-state index contributed by atoms with van der Waals surface area (Å²) in [6, 6.07) is 4.55. The predicted octanol–water partition coefficient (Wildman–Crippen LogP) is 3.18. The van der Waals surface area contributed by atoms with E-state index in [-0.39, 0.29) is 5.91 Å². The van der Waals surface area contributed by atoms with Gasteiger partial charge in [0.2, 0.25) is 0 Å². The molecule has 0 spiro atoms. The Morgan fingerprint density at radius 1 is 1.21 bits per heavy atom. The van der Waals surface area contributed by atoms with Crippen LogP contribution in [-0.2, 0) is 4.74 Å². The summed E-state index contributed by atoms with van der Waals surface area (Å²) in [6.07, 6.45) is 6.95. The highest BCUT2D eigenvalue weighted by Gasteiger charge is 2.33. The Morgan fingerprint density at radius 3 is 2.59 bits per heavy atom. The quantitative estimate of drug-likeness (QED) is 0.741. The van der Waals surface area contributed by atoms with E-state index in [0.717, 1.165) is 24.7 Å². The van der Waals surface area contributed by atoms with Crippen molar-refractivity contribution in [2.75, 3.05) is 51.3 Å². The third-order valence-electron chi connectivity index (χ3n) is 6.60. The molecular formula is C23H38N4O2. The van der Waals surface area contributed by atoms with Gasteiger partial charge in [0.1, 0.15) is 5.69 Å². The van der Waals surface area contributed by atoms with Gasteiger partial charge in [0.05, 0.1) is 18.5 Å². The topological polar surface area (TPSA) is 57.7 Å². The highest BCUT2D eigenvalue weighted by atomic mass is 16.5. The second-order valence-corrected chi connectivity index (χ2v) is 9.57. The van der Waals surface area contributed by atoms with Gasteiger partial charge in [0.15, 0.2) is 0 Å². The highest BCUT2D eigenvalue weighted by molar-refractivity contribution is 5.92. The zero-order valence-electron chi connectivity index (χ0n) is 18.6. The molecule has 3 heterocycles. The normalized spacial score (nSPS) is 21.9. The van der Waals surface area contributed by atoms with Crippen LogP contribution < -0.4 is 10.2 Å². The van der Waals surface area contributed by atoms with Crippen LogP contribution in [0, 0.1) is 11.3 Å². The first-order valence-electron chi connectivity index (χ1n) is 11.1. The number of piperidine rings is 2. The molecular weight excluding hydrogens is 364 g/mol. The van der Waals surface area contributed by atoms with E-state index in [2.05, 4.69) is 40.9 Å².